The minimum atomic E-state index is -0.797. The third-order valence-electron chi connectivity index (χ3n) is 3.83. The molecule has 142 valence electrons. The zero-order chi connectivity index (χ0) is 19.9. The molecule has 0 saturated heterocycles. The second kappa shape index (κ2) is 8.77. The van der Waals surface area contributed by atoms with Gasteiger partial charge in [-0.15, -0.1) is 0 Å². The molecule has 28 heavy (non-hydrogen) atoms. The van der Waals surface area contributed by atoms with Crippen LogP contribution in [-0.4, -0.2) is 29.4 Å². The molecule has 3 rings (SSSR count). The van der Waals surface area contributed by atoms with E-state index in [2.05, 4.69) is 10.3 Å². The summed E-state index contributed by atoms with van der Waals surface area (Å²) in [6.45, 7) is 0.992. The Morgan fingerprint density at radius 1 is 0.964 bits per heavy atom. The predicted molar refractivity (Wildman–Crippen MR) is 100 cm³/mol. The number of hydrogen-bond acceptors (Lipinski definition) is 6. The highest BCUT2D eigenvalue weighted by molar-refractivity contribution is 5.98. The Labute approximate surface area is 161 Å². The Morgan fingerprint density at radius 3 is 2.29 bits per heavy atom. The van der Waals surface area contributed by atoms with Gasteiger partial charge in [-0.3, -0.25) is 14.9 Å². The van der Waals surface area contributed by atoms with Crippen molar-refractivity contribution in [3.05, 3.63) is 77.7 Å². The number of ether oxygens (including phenoxy) is 1. The van der Waals surface area contributed by atoms with Crippen molar-refractivity contribution in [3.63, 3.8) is 0 Å². The van der Waals surface area contributed by atoms with Crippen LogP contribution in [0.4, 0.5) is 0 Å². The van der Waals surface area contributed by atoms with Crippen molar-refractivity contribution in [2.75, 3.05) is 6.61 Å². The van der Waals surface area contributed by atoms with E-state index in [0.29, 0.717) is 5.56 Å². The first-order valence-electron chi connectivity index (χ1n) is 8.59. The number of amides is 2. The molecule has 2 aromatic carbocycles. The normalized spacial score (nSPS) is 10.3. The number of nitrogens with one attached hydrogen (secondary N) is 1. The summed E-state index contributed by atoms with van der Waals surface area (Å²) in [5.41, 5.74) is 1.48. The predicted octanol–water partition coefficient (Wildman–Crippen LogP) is 2.69. The van der Waals surface area contributed by atoms with Crippen LogP contribution in [0.3, 0.4) is 0 Å². The number of aryl methyl sites for hydroxylation is 1. The van der Waals surface area contributed by atoms with Crippen LogP contribution in [0, 0.1) is 6.92 Å². The van der Waals surface area contributed by atoms with E-state index in [9.17, 15) is 14.4 Å². The highest BCUT2D eigenvalue weighted by Gasteiger charge is 2.20. The van der Waals surface area contributed by atoms with Crippen molar-refractivity contribution in [3.8, 4) is 11.5 Å². The van der Waals surface area contributed by atoms with E-state index in [-0.39, 0.29) is 23.8 Å². The summed E-state index contributed by atoms with van der Waals surface area (Å²) in [7, 11) is 0. The summed E-state index contributed by atoms with van der Waals surface area (Å²) in [6.07, 6.45) is 0.0589. The highest BCUT2D eigenvalue weighted by atomic mass is 16.5. The van der Waals surface area contributed by atoms with E-state index in [0.717, 1.165) is 5.56 Å². The molecular formula is C21H18N2O5. The second-order valence-corrected chi connectivity index (χ2v) is 6.00. The van der Waals surface area contributed by atoms with Gasteiger partial charge in [0.2, 0.25) is 11.8 Å². The van der Waals surface area contributed by atoms with Crippen LogP contribution in [0.5, 0.6) is 0 Å². The van der Waals surface area contributed by atoms with E-state index in [1.807, 2.05) is 24.3 Å². The molecule has 0 aliphatic heterocycles. The molecular weight excluding hydrogens is 360 g/mol. The molecule has 0 aliphatic rings. The topological polar surface area (TPSA) is 98.5 Å². The summed E-state index contributed by atoms with van der Waals surface area (Å²) in [5.74, 6) is -1.42. The van der Waals surface area contributed by atoms with Crippen molar-refractivity contribution in [1.29, 1.82) is 0 Å². The van der Waals surface area contributed by atoms with Crippen LogP contribution >= 0.6 is 0 Å². The molecule has 0 atom stereocenters. The Morgan fingerprint density at radius 2 is 1.61 bits per heavy atom. The molecule has 7 nitrogen and oxygen atoms in total. The molecule has 1 aromatic heterocycles. The highest BCUT2D eigenvalue weighted by Crippen LogP contribution is 2.21. The van der Waals surface area contributed by atoms with Crippen LogP contribution in [-0.2, 0) is 20.7 Å². The van der Waals surface area contributed by atoms with Gasteiger partial charge in [-0.1, -0.05) is 48.5 Å². The lowest BCUT2D eigenvalue weighted by atomic mass is 10.1. The minimum absolute atomic E-state index is 0.0118. The molecule has 0 bridgehead atoms. The fourth-order valence-corrected chi connectivity index (χ4v) is 2.51. The molecule has 0 unspecified atom stereocenters. The largest absolute Gasteiger partial charge is 0.451 e. The van der Waals surface area contributed by atoms with Gasteiger partial charge in [-0.05, 0) is 24.6 Å². The average molecular weight is 378 g/mol. The molecule has 3 aromatic rings. The Balaban J connectivity index is 1.53. The third-order valence-corrected chi connectivity index (χ3v) is 3.83. The zero-order valence-electron chi connectivity index (χ0n) is 15.2. The number of carbonyl (C=O) groups excluding carboxylic acids is 3. The van der Waals surface area contributed by atoms with Crippen molar-refractivity contribution < 1.29 is 23.5 Å². The van der Waals surface area contributed by atoms with Gasteiger partial charge in [0.1, 0.15) is 5.76 Å². The average Bonchev–Trinajstić information content (AvgIpc) is 3.09. The van der Waals surface area contributed by atoms with Crippen molar-refractivity contribution in [1.82, 2.24) is 10.3 Å². The van der Waals surface area contributed by atoms with Crippen LogP contribution in [0.2, 0.25) is 0 Å². The van der Waals surface area contributed by atoms with Crippen LogP contribution in [0.25, 0.3) is 11.5 Å². The van der Waals surface area contributed by atoms with Gasteiger partial charge in [0.15, 0.2) is 12.3 Å². The maximum atomic E-state index is 12.2. The SMILES string of the molecule is Cc1oc(-c2ccccc2)nc1C(=O)OCC(=O)NC(=O)Cc1ccccc1. The lowest BCUT2D eigenvalue weighted by Crippen LogP contribution is -2.35. The smallest absolute Gasteiger partial charge is 0.361 e. The van der Waals surface area contributed by atoms with Crippen LogP contribution in [0.15, 0.2) is 65.1 Å². The molecule has 2 amide bonds. The van der Waals surface area contributed by atoms with Crippen molar-refractivity contribution in [2.45, 2.75) is 13.3 Å². The fraction of sp³-hybridized carbons (Fsp3) is 0.143. The van der Waals surface area contributed by atoms with Gasteiger partial charge in [-0.2, -0.15) is 0 Å². The first-order valence-corrected chi connectivity index (χ1v) is 8.59. The number of imide groups is 1. The summed E-state index contributed by atoms with van der Waals surface area (Å²) in [6, 6.07) is 18.1. The van der Waals surface area contributed by atoms with Gasteiger partial charge >= 0.3 is 5.97 Å². The number of esters is 1. The van der Waals surface area contributed by atoms with Gasteiger partial charge < -0.3 is 9.15 Å². The lowest BCUT2D eigenvalue weighted by molar-refractivity contribution is -0.132. The maximum Gasteiger partial charge on any atom is 0.361 e. The standard InChI is InChI=1S/C21H18N2O5/c1-14-19(23-20(28-14)16-10-6-3-7-11-16)21(26)27-13-18(25)22-17(24)12-15-8-4-2-5-9-15/h2-11H,12-13H2,1H3,(H,22,24,25). The summed E-state index contributed by atoms with van der Waals surface area (Å²) in [4.78, 5) is 40.0. The second-order valence-electron chi connectivity index (χ2n) is 6.00. The van der Waals surface area contributed by atoms with Gasteiger partial charge in [0, 0.05) is 5.56 Å². The lowest BCUT2D eigenvalue weighted by Gasteiger charge is -2.05. The van der Waals surface area contributed by atoms with Gasteiger partial charge in [0.05, 0.1) is 6.42 Å². The number of hydrogen-bond donors (Lipinski definition) is 1. The minimum Gasteiger partial charge on any atom is -0.451 e. The summed E-state index contributed by atoms with van der Waals surface area (Å²) in [5, 5.41) is 2.18. The Bertz CT molecular complexity index is 981. The molecule has 0 fully saturated rings. The van der Waals surface area contributed by atoms with Gasteiger partial charge in [-0.25, -0.2) is 9.78 Å². The van der Waals surface area contributed by atoms with Crippen molar-refractivity contribution in [2.24, 2.45) is 0 Å². The number of benzene rings is 2. The molecule has 1 N–H and O–H groups in total. The molecule has 0 aliphatic carbocycles. The van der Waals surface area contributed by atoms with Crippen molar-refractivity contribution >= 4 is 17.8 Å². The van der Waals surface area contributed by atoms with Gasteiger partial charge in [0.25, 0.3) is 5.91 Å². The summed E-state index contributed by atoms with van der Waals surface area (Å²) >= 11 is 0. The fourth-order valence-electron chi connectivity index (χ4n) is 2.51. The number of oxazole rings is 1. The molecule has 0 saturated carbocycles. The molecule has 7 heteroatoms. The van der Waals surface area contributed by atoms with E-state index in [1.54, 1.807) is 43.3 Å². The number of rotatable bonds is 6. The summed E-state index contributed by atoms with van der Waals surface area (Å²) < 4.78 is 10.4. The van der Waals surface area contributed by atoms with E-state index < -0.39 is 24.4 Å². The Kier molecular flexibility index (Phi) is 5.96. The first kappa shape index (κ1) is 19.0. The van der Waals surface area contributed by atoms with E-state index >= 15 is 0 Å². The number of nitrogens with zero attached hydrogens (tertiary/aromatic N) is 1. The van der Waals surface area contributed by atoms with E-state index in [1.165, 1.54) is 0 Å². The van der Waals surface area contributed by atoms with E-state index in [4.69, 9.17) is 9.15 Å². The Hall–Kier alpha value is -3.74. The molecule has 1 heterocycles. The number of carbonyl (C=O) groups is 3. The van der Waals surface area contributed by atoms with Crippen LogP contribution < -0.4 is 5.32 Å². The zero-order valence-corrected chi connectivity index (χ0v) is 15.2. The quantitative estimate of drug-likeness (QED) is 0.662. The molecule has 0 radical (unpaired) electrons. The van der Waals surface area contributed by atoms with Crippen LogP contribution in [0.1, 0.15) is 21.8 Å². The number of aromatic nitrogens is 1. The maximum absolute atomic E-state index is 12.2. The third kappa shape index (κ3) is 4.91. The molecule has 0 spiro atoms. The first-order chi connectivity index (χ1) is 13.5. The monoisotopic (exact) mass is 378 g/mol.